The zero-order valence-electron chi connectivity index (χ0n) is 14.5. The molecule has 4 rings (SSSR count). The summed E-state index contributed by atoms with van der Waals surface area (Å²) in [7, 11) is 0. The van der Waals surface area contributed by atoms with Crippen LogP contribution in [0.4, 0.5) is 0 Å². The molecule has 1 N–H and O–H groups in total. The van der Waals surface area contributed by atoms with Crippen LogP contribution in [-0.4, -0.2) is 12.6 Å². The molecule has 2 atom stereocenters. The summed E-state index contributed by atoms with van der Waals surface area (Å²) in [6.07, 6.45) is 2.39. The van der Waals surface area contributed by atoms with Crippen LogP contribution >= 0.6 is 0 Å². The summed E-state index contributed by atoms with van der Waals surface area (Å²) in [4.78, 5) is 0. The van der Waals surface area contributed by atoms with E-state index >= 15 is 0 Å². The topological polar surface area (TPSA) is 12.0 Å². The Balaban J connectivity index is 1.66. The summed E-state index contributed by atoms with van der Waals surface area (Å²) in [5, 5.41) is 3.82. The minimum absolute atomic E-state index is 0.401. The molecule has 0 saturated carbocycles. The molecule has 0 aliphatic carbocycles. The van der Waals surface area contributed by atoms with Gasteiger partial charge in [0.25, 0.3) is 0 Å². The highest BCUT2D eigenvalue weighted by atomic mass is 15.0. The van der Waals surface area contributed by atoms with Crippen molar-refractivity contribution in [2.24, 2.45) is 5.92 Å². The highest BCUT2D eigenvalue weighted by Gasteiger charge is 2.35. The quantitative estimate of drug-likeness (QED) is 0.692. The molecule has 1 saturated heterocycles. The van der Waals surface area contributed by atoms with Crippen molar-refractivity contribution in [3.8, 4) is 0 Å². The zero-order valence-corrected chi connectivity index (χ0v) is 14.5. The van der Waals surface area contributed by atoms with Gasteiger partial charge < -0.3 is 5.32 Å². The lowest BCUT2D eigenvalue weighted by Gasteiger charge is -2.30. The Kier molecular flexibility index (Phi) is 4.94. The van der Waals surface area contributed by atoms with Gasteiger partial charge in [-0.2, -0.15) is 0 Å². The monoisotopic (exact) mass is 327 g/mol. The minimum atomic E-state index is 0.401. The first-order chi connectivity index (χ1) is 12.4. The summed E-state index contributed by atoms with van der Waals surface area (Å²) in [5.41, 5.74) is 4.26. The number of hydrogen-bond donors (Lipinski definition) is 1. The number of nitrogens with one attached hydrogen (secondary N) is 1. The van der Waals surface area contributed by atoms with Crippen molar-refractivity contribution < 1.29 is 0 Å². The molecule has 0 spiro atoms. The van der Waals surface area contributed by atoms with E-state index < -0.39 is 0 Å². The number of benzene rings is 3. The summed E-state index contributed by atoms with van der Waals surface area (Å²) in [5.74, 6) is 1.06. The van der Waals surface area contributed by atoms with Crippen molar-refractivity contribution in [2.45, 2.75) is 24.8 Å². The van der Waals surface area contributed by atoms with Crippen molar-refractivity contribution >= 4 is 0 Å². The fourth-order valence-corrected chi connectivity index (χ4v) is 4.25. The first kappa shape index (κ1) is 16.1. The average molecular weight is 327 g/mol. The summed E-state index contributed by atoms with van der Waals surface area (Å²) in [6, 6.07) is 33.3. The summed E-state index contributed by atoms with van der Waals surface area (Å²) in [6.45, 7) is 1.11. The van der Waals surface area contributed by atoms with Crippen LogP contribution in [0.5, 0.6) is 0 Å². The van der Waals surface area contributed by atoms with Gasteiger partial charge in [-0.15, -0.1) is 0 Å². The highest BCUT2D eigenvalue weighted by molar-refractivity contribution is 5.35. The van der Waals surface area contributed by atoms with Crippen LogP contribution in [0.2, 0.25) is 0 Å². The third kappa shape index (κ3) is 3.67. The van der Waals surface area contributed by atoms with Crippen LogP contribution < -0.4 is 5.32 Å². The summed E-state index contributed by atoms with van der Waals surface area (Å²) >= 11 is 0. The third-order valence-corrected chi connectivity index (χ3v) is 5.42. The van der Waals surface area contributed by atoms with Gasteiger partial charge >= 0.3 is 0 Å². The van der Waals surface area contributed by atoms with E-state index in [4.69, 9.17) is 0 Å². The molecule has 1 fully saturated rings. The van der Waals surface area contributed by atoms with Crippen molar-refractivity contribution in [1.82, 2.24) is 5.32 Å². The fraction of sp³-hybridized carbons (Fsp3) is 0.250. The molecule has 2 unspecified atom stereocenters. The van der Waals surface area contributed by atoms with Crippen molar-refractivity contribution in [1.29, 1.82) is 0 Å². The van der Waals surface area contributed by atoms with Crippen molar-refractivity contribution in [3.63, 3.8) is 0 Å². The molecule has 0 aromatic heterocycles. The Morgan fingerprint density at radius 1 is 0.720 bits per heavy atom. The second kappa shape index (κ2) is 7.67. The second-order valence-electron chi connectivity index (χ2n) is 7.02. The van der Waals surface area contributed by atoms with E-state index in [1.54, 1.807) is 0 Å². The third-order valence-electron chi connectivity index (χ3n) is 5.42. The Bertz CT molecular complexity index is 727. The van der Waals surface area contributed by atoms with E-state index in [2.05, 4.69) is 96.3 Å². The molecule has 3 aromatic carbocycles. The lowest BCUT2D eigenvalue weighted by Crippen LogP contribution is -2.35. The Labute approximate surface area is 150 Å². The lowest BCUT2D eigenvalue weighted by molar-refractivity contribution is 0.408. The Morgan fingerprint density at radius 3 is 1.80 bits per heavy atom. The van der Waals surface area contributed by atoms with E-state index in [0.717, 1.165) is 13.0 Å². The second-order valence-corrected chi connectivity index (χ2v) is 7.02. The lowest BCUT2D eigenvalue weighted by atomic mass is 9.78. The minimum Gasteiger partial charge on any atom is -0.313 e. The molecule has 1 aliphatic heterocycles. The molecule has 1 heteroatoms. The molecule has 126 valence electrons. The van der Waals surface area contributed by atoms with Gasteiger partial charge in [0, 0.05) is 12.0 Å². The van der Waals surface area contributed by atoms with Crippen LogP contribution in [0.15, 0.2) is 91.0 Å². The molecule has 1 aliphatic rings. The van der Waals surface area contributed by atoms with Gasteiger partial charge in [0.15, 0.2) is 0 Å². The zero-order chi connectivity index (χ0) is 16.9. The van der Waals surface area contributed by atoms with Gasteiger partial charge in [-0.25, -0.2) is 0 Å². The molecular formula is C24H25N. The molecule has 0 radical (unpaired) electrons. The Morgan fingerprint density at radius 2 is 1.24 bits per heavy atom. The highest BCUT2D eigenvalue weighted by Crippen LogP contribution is 2.36. The van der Waals surface area contributed by atoms with Gasteiger partial charge in [0.05, 0.1) is 0 Å². The predicted molar refractivity (Wildman–Crippen MR) is 105 cm³/mol. The standard InChI is InChI=1S/C24H25N/c1-4-10-19(11-5-1)18-22-16-17-25-24(22)23(20-12-6-2-7-13-20)21-14-8-3-9-15-21/h1-15,22-25H,16-18H2. The molecule has 3 aromatic rings. The normalized spacial score (nSPS) is 20.0. The van der Waals surface area contributed by atoms with Crippen LogP contribution in [0, 0.1) is 5.92 Å². The van der Waals surface area contributed by atoms with Gasteiger partial charge in [-0.1, -0.05) is 91.0 Å². The Hall–Kier alpha value is -2.38. The molecule has 0 amide bonds. The molecular weight excluding hydrogens is 302 g/mol. The number of hydrogen-bond acceptors (Lipinski definition) is 1. The molecule has 1 nitrogen and oxygen atoms in total. The first-order valence-corrected chi connectivity index (χ1v) is 9.29. The van der Waals surface area contributed by atoms with Crippen LogP contribution in [0.1, 0.15) is 29.0 Å². The van der Waals surface area contributed by atoms with Crippen molar-refractivity contribution in [3.05, 3.63) is 108 Å². The van der Waals surface area contributed by atoms with Crippen LogP contribution in [0.3, 0.4) is 0 Å². The maximum Gasteiger partial charge on any atom is 0.0246 e. The van der Waals surface area contributed by atoms with E-state index in [0.29, 0.717) is 17.9 Å². The fourth-order valence-electron chi connectivity index (χ4n) is 4.25. The maximum atomic E-state index is 3.82. The molecule has 0 bridgehead atoms. The smallest absolute Gasteiger partial charge is 0.0246 e. The van der Waals surface area contributed by atoms with Gasteiger partial charge in [0.2, 0.25) is 0 Å². The van der Waals surface area contributed by atoms with Gasteiger partial charge in [-0.05, 0) is 42.0 Å². The van der Waals surface area contributed by atoms with E-state index in [1.807, 2.05) is 0 Å². The maximum absolute atomic E-state index is 3.82. The van der Waals surface area contributed by atoms with Gasteiger partial charge in [-0.3, -0.25) is 0 Å². The van der Waals surface area contributed by atoms with Gasteiger partial charge in [0.1, 0.15) is 0 Å². The van der Waals surface area contributed by atoms with Crippen LogP contribution in [-0.2, 0) is 6.42 Å². The predicted octanol–water partition coefficient (Wildman–Crippen LogP) is 5.04. The molecule has 25 heavy (non-hydrogen) atoms. The largest absolute Gasteiger partial charge is 0.313 e. The van der Waals surface area contributed by atoms with E-state index in [9.17, 15) is 0 Å². The first-order valence-electron chi connectivity index (χ1n) is 9.29. The van der Waals surface area contributed by atoms with E-state index in [1.165, 1.54) is 23.1 Å². The van der Waals surface area contributed by atoms with Crippen LogP contribution in [0.25, 0.3) is 0 Å². The average Bonchev–Trinajstić information content (AvgIpc) is 3.12. The van der Waals surface area contributed by atoms with E-state index in [-0.39, 0.29) is 0 Å². The van der Waals surface area contributed by atoms with Crippen molar-refractivity contribution in [2.75, 3.05) is 6.54 Å². The number of rotatable bonds is 5. The molecule has 1 heterocycles. The summed E-state index contributed by atoms with van der Waals surface area (Å²) < 4.78 is 0. The SMILES string of the molecule is c1ccc(CC2CCNC2C(c2ccccc2)c2ccccc2)cc1.